The van der Waals surface area contributed by atoms with E-state index in [0.29, 0.717) is 29.8 Å². The molecular weight excluding hydrogens is 414 g/mol. The lowest BCUT2D eigenvalue weighted by Crippen LogP contribution is -2.48. The molecule has 0 saturated heterocycles. The minimum absolute atomic E-state index is 0.0925. The molecule has 0 aliphatic carbocycles. The van der Waals surface area contributed by atoms with Crippen molar-refractivity contribution in [2.75, 3.05) is 6.61 Å². The van der Waals surface area contributed by atoms with Gasteiger partial charge in [-0.1, -0.05) is 18.2 Å². The standard InChI is InChI=1S/C22H19F4N3O2/c1-13-27-11-17-18(8-15(23)9-19(17)29-13)28-12-21(30,22(24,25)26)10-14-6-7-31-20-5-3-2-4-16(14)20/h2-5,8-9,11-12,14,30H,6-7,10H2,1H3. The topological polar surface area (TPSA) is 67.6 Å². The first-order valence-electron chi connectivity index (χ1n) is 9.65. The SMILES string of the molecule is Cc1ncc2c(N=CC(O)(CC3CCOc4ccccc43)C(F)(F)F)cc(F)cc2n1. The fourth-order valence-electron chi connectivity index (χ4n) is 3.70. The second-order valence-corrected chi connectivity index (χ2v) is 7.53. The fourth-order valence-corrected chi connectivity index (χ4v) is 3.70. The van der Waals surface area contributed by atoms with Crippen molar-refractivity contribution >= 4 is 22.8 Å². The highest BCUT2D eigenvalue weighted by molar-refractivity contribution is 5.91. The normalized spacial score (nSPS) is 18.6. The summed E-state index contributed by atoms with van der Waals surface area (Å²) in [5.74, 6) is -0.396. The monoisotopic (exact) mass is 433 g/mol. The van der Waals surface area contributed by atoms with Crippen LogP contribution in [0.15, 0.2) is 47.6 Å². The third-order valence-electron chi connectivity index (χ3n) is 5.31. The minimum Gasteiger partial charge on any atom is -0.493 e. The lowest BCUT2D eigenvalue weighted by Gasteiger charge is -2.33. The number of aryl methyl sites for hydroxylation is 1. The molecule has 0 radical (unpaired) electrons. The molecule has 1 aliphatic heterocycles. The van der Waals surface area contributed by atoms with E-state index < -0.39 is 29.9 Å². The third-order valence-corrected chi connectivity index (χ3v) is 5.31. The summed E-state index contributed by atoms with van der Waals surface area (Å²) < 4.78 is 61.2. The number of para-hydroxylation sites is 1. The van der Waals surface area contributed by atoms with Crippen molar-refractivity contribution in [1.29, 1.82) is 0 Å². The van der Waals surface area contributed by atoms with E-state index in [4.69, 9.17) is 4.74 Å². The van der Waals surface area contributed by atoms with Crippen LogP contribution in [-0.4, -0.2) is 39.7 Å². The molecule has 0 amide bonds. The smallest absolute Gasteiger partial charge is 0.422 e. The highest BCUT2D eigenvalue weighted by Gasteiger charge is 2.54. The Labute approximate surface area is 175 Å². The number of ether oxygens (including phenoxy) is 1. The maximum Gasteiger partial charge on any atom is 0.422 e. The van der Waals surface area contributed by atoms with Crippen LogP contribution < -0.4 is 4.74 Å². The van der Waals surface area contributed by atoms with Gasteiger partial charge in [0.1, 0.15) is 17.4 Å². The number of hydrogen-bond donors (Lipinski definition) is 1. The molecule has 31 heavy (non-hydrogen) atoms. The van der Waals surface area contributed by atoms with Gasteiger partial charge in [0.2, 0.25) is 0 Å². The number of nitrogens with zero attached hydrogens (tertiary/aromatic N) is 3. The average molecular weight is 433 g/mol. The molecule has 2 aromatic carbocycles. The molecule has 0 bridgehead atoms. The summed E-state index contributed by atoms with van der Waals surface area (Å²) in [5.41, 5.74) is -2.49. The van der Waals surface area contributed by atoms with Crippen LogP contribution in [0.25, 0.3) is 10.9 Å². The molecule has 2 atom stereocenters. The van der Waals surface area contributed by atoms with Crippen LogP contribution in [0.3, 0.4) is 0 Å². The quantitative estimate of drug-likeness (QED) is 0.463. The van der Waals surface area contributed by atoms with Gasteiger partial charge in [-0.15, -0.1) is 0 Å². The molecule has 5 nitrogen and oxygen atoms in total. The zero-order valence-corrected chi connectivity index (χ0v) is 16.5. The van der Waals surface area contributed by atoms with Crippen molar-refractivity contribution in [2.24, 2.45) is 4.99 Å². The molecule has 1 N–H and O–H groups in total. The Balaban J connectivity index is 1.72. The summed E-state index contributed by atoms with van der Waals surface area (Å²) >= 11 is 0. The van der Waals surface area contributed by atoms with Crippen LogP contribution in [0.4, 0.5) is 23.2 Å². The number of fused-ring (bicyclic) bond motifs is 2. The van der Waals surface area contributed by atoms with Gasteiger partial charge >= 0.3 is 6.18 Å². The number of aromatic nitrogens is 2. The van der Waals surface area contributed by atoms with Crippen LogP contribution in [-0.2, 0) is 0 Å². The Bertz CT molecular complexity index is 1140. The van der Waals surface area contributed by atoms with Crippen molar-refractivity contribution in [3.63, 3.8) is 0 Å². The predicted octanol–water partition coefficient (Wildman–Crippen LogP) is 5.03. The summed E-state index contributed by atoms with van der Waals surface area (Å²) in [6, 6.07) is 8.95. The van der Waals surface area contributed by atoms with Gasteiger partial charge in [0, 0.05) is 29.9 Å². The lowest BCUT2D eigenvalue weighted by atomic mass is 9.82. The Morgan fingerprint density at radius 3 is 2.81 bits per heavy atom. The van der Waals surface area contributed by atoms with E-state index in [1.807, 2.05) is 0 Å². The molecular formula is C22H19F4N3O2. The van der Waals surface area contributed by atoms with E-state index >= 15 is 0 Å². The zero-order chi connectivity index (χ0) is 22.2. The Morgan fingerprint density at radius 2 is 2.03 bits per heavy atom. The van der Waals surface area contributed by atoms with E-state index in [2.05, 4.69) is 15.0 Å². The second-order valence-electron chi connectivity index (χ2n) is 7.53. The largest absolute Gasteiger partial charge is 0.493 e. The number of aliphatic hydroxyl groups is 1. The van der Waals surface area contributed by atoms with Crippen LogP contribution in [0.2, 0.25) is 0 Å². The third kappa shape index (κ3) is 4.23. The molecule has 0 spiro atoms. The number of rotatable bonds is 4. The molecule has 9 heteroatoms. The van der Waals surface area contributed by atoms with Gasteiger partial charge in [0.05, 0.1) is 17.8 Å². The van der Waals surface area contributed by atoms with Gasteiger partial charge in [-0.05, 0) is 37.3 Å². The van der Waals surface area contributed by atoms with Gasteiger partial charge < -0.3 is 9.84 Å². The lowest BCUT2D eigenvalue weighted by molar-refractivity contribution is -0.232. The Kier molecular flexibility index (Phi) is 5.38. The van der Waals surface area contributed by atoms with Gasteiger partial charge in [0.15, 0.2) is 5.60 Å². The summed E-state index contributed by atoms with van der Waals surface area (Å²) in [7, 11) is 0. The molecule has 1 aliphatic rings. The van der Waals surface area contributed by atoms with Crippen molar-refractivity contribution in [3.8, 4) is 5.75 Å². The Morgan fingerprint density at radius 1 is 1.26 bits per heavy atom. The molecule has 162 valence electrons. The maximum absolute atomic E-state index is 14.0. The summed E-state index contributed by atoms with van der Waals surface area (Å²) in [6.07, 6.45) is -3.49. The number of hydrogen-bond acceptors (Lipinski definition) is 5. The number of benzene rings is 2. The number of halogens is 4. The van der Waals surface area contributed by atoms with Crippen molar-refractivity contribution < 1.29 is 27.4 Å². The minimum atomic E-state index is -4.99. The van der Waals surface area contributed by atoms with E-state index in [0.717, 1.165) is 12.1 Å². The van der Waals surface area contributed by atoms with E-state index in [9.17, 15) is 22.7 Å². The van der Waals surface area contributed by atoms with Gasteiger partial charge in [-0.25, -0.2) is 14.4 Å². The van der Waals surface area contributed by atoms with Gasteiger partial charge in [-0.2, -0.15) is 13.2 Å². The summed E-state index contributed by atoms with van der Waals surface area (Å²) in [5, 5.41) is 10.9. The predicted molar refractivity (Wildman–Crippen MR) is 107 cm³/mol. The second kappa shape index (κ2) is 7.88. The molecule has 0 saturated carbocycles. The first-order chi connectivity index (χ1) is 14.7. The number of alkyl halides is 3. The molecule has 2 heterocycles. The average Bonchev–Trinajstić information content (AvgIpc) is 2.71. The van der Waals surface area contributed by atoms with Crippen molar-refractivity contribution in [2.45, 2.75) is 37.5 Å². The van der Waals surface area contributed by atoms with E-state index in [1.54, 1.807) is 31.2 Å². The molecule has 0 fully saturated rings. The molecule has 1 aromatic heterocycles. The van der Waals surface area contributed by atoms with Gasteiger partial charge in [0.25, 0.3) is 0 Å². The van der Waals surface area contributed by atoms with E-state index in [-0.39, 0.29) is 23.2 Å². The van der Waals surface area contributed by atoms with Crippen molar-refractivity contribution in [1.82, 2.24) is 9.97 Å². The first kappa shape index (κ1) is 21.2. The maximum atomic E-state index is 14.0. The van der Waals surface area contributed by atoms with Crippen LogP contribution in [0, 0.1) is 12.7 Å². The highest BCUT2D eigenvalue weighted by atomic mass is 19.4. The molecule has 4 rings (SSSR count). The molecule has 3 aromatic rings. The van der Waals surface area contributed by atoms with Crippen molar-refractivity contribution in [3.05, 3.63) is 59.8 Å². The number of aliphatic imine (C=N–C) groups is 1. The zero-order valence-electron chi connectivity index (χ0n) is 16.5. The summed E-state index contributed by atoms with van der Waals surface area (Å²) in [4.78, 5) is 11.9. The fraction of sp³-hybridized carbons (Fsp3) is 0.318. The Hall–Kier alpha value is -3.07. The van der Waals surface area contributed by atoms with Crippen LogP contribution in [0.5, 0.6) is 5.75 Å². The van der Waals surface area contributed by atoms with E-state index in [1.165, 1.54) is 6.20 Å². The summed E-state index contributed by atoms with van der Waals surface area (Å²) in [6.45, 7) is 1.86. The molecule has 2 unspecified atom stereocenters. The highest BCUT2D eigenvalue weighted by Crippen LogP contribution is 2.43. The van der Waals surface area contributed by atoms with Gasteiger partial charge in [-0.3, -0.25) is 4.99 Å². The van der Waals surface area contributed by atoms with Crippen LogP contribution in [0.1, 0.15) is 30.1 Å². The first-order valence-corrected chi connectivity index (χ1v) is 9.65. The van der Waals surface area contributed by atoms with Crippen LogP contribution >= 0.6 is 0 Å².